The Morgan fingerprint density at radius 1 is 1.14 bits per heavy atom. The van der Waals surface area contributed by atoms with Crippen LogP contribution in [-0.2, 0) is 14.8 Å². The first-order valence-corrected chi connectivity index (χ1v) is 15.0. The topological polar surface area (TPSA) is 150 Å². The number of aliphatic carboxylic acids is 1. The van der Waals surface area contributed by atoms with Crippen LogP contribution in [0, 0.1) is 28.9 Å². The van der Waals surface area contributed by atoms with Crippen LogP contribution in [0.2, 0.25) is 5.02 Å². The van der Waals surface area contributed by atoms with Gasteiger partial charge in [-0.05, 0) is 29.8 Å². The summed E-state index contributed by atoms with van der Waals surface area (Å²) in [6, 6.07) is 10.7. The Hall–Kier alpha value is -4.37. The molecule has 1 fully saturated rings. The lowest BCUT2D eigenvalue weighted by Crippen LogP contribution is -2.39. The average Bonchev–Trinajstić information content (AvgIpc) is 2.96. The van der Waals surface area contributed by atoms with Gasteiger partial charge in [-0.3, -0.25) is 14.5 Å². The molecule has 0 amide bonds. The van der Waals surface area contributed by atoms with Crippen LogP contribution in [0.5, 0.6) is 5.75 Å². The minimum Gasteiger partial charge on any atom is -0.489 e. The molecular weight excluding hydrogens is 630 g/mol. The van der Waals surface area contributed by atoms with Gasteiger partial charge < -0.3 is 20.5 Å². The Morgan fingerprint density at radius 2 is 1.80 bits per heavy atom. The second-order valence-corrected chi connectivity index (χ2v) is 12.0. The molecule has 0 saturated carbocycles. The Morgan fingerprint density at radius 3 is 2.39 bits per heavy atom. The number of benzene rings is 2. The molecule has 4 N–H and O–H groups in total. The van der Waals surface area contributed by atoms with Gasteiger partial charge in [-0.25, -0.2) is 8.42 Å². The number of anilines is 2. The molecule has 0 bridgehead atoms. The Balaban J connectivity index is 1.49. The summed E-state index contributed by atoms with van der Waals surface area (Å²) in [5.74, 6) is -9.39. The maximum Gasteiger partial charge on any atom is 0.320 e. The van der Waals surface area contributed by atoms with Gasteiger partial charge in [-0.15, -0.1) is 0 Å². The molecule has 4 rings (SSSR count). The molecule has 0 atom stereocenters. The fraction of sp³-hybridized carbons (Fsp3) is 0.250. The van der Waals surface area contributed by atoms with E-state index in [1.54, 1.807) is 30.3 Å². The standard InChI is InChI=1S/C28H26ClF4N5O5S/c29-20-14-18(38(44(41,42)15-22(39)40)10-2-4-16-3-1-5-17(13-16)28(34)35)6-7-21(20)43-19-8-11-37(12-9-19)25-23(30)26(32)36-27(33)24(25)31/h1-7,13-14,19H,8-12,15H2,(H3,34,35)(H,39,40)/b4-2+. The Kier molecular flexibility index (Phi) is 9.99. The molecule has 1 aliphatic heterocycles. The number of piperidine rings is 1. The number of nitrogens with zero attached hydrogens (tertiary/aromatic N) is 3. The molecule has 1 aliphatic rings. The summed E-state index contributed by atoms with van der Waals surface area (Å²) in [6.45, 7) is -0.252. The van der Waals surface area contributed by atoms with E-state index in [-0.39, 0.29) is 54.8 Å². The van der Waals surface area contributed by atoms with Crippen LogP contribution in [0.25, 0.3) is 6.08 Å². The van der Waals surface area contributed by atoms with E-state index >= 15 is 0 Å². The number of sulfonamides is 1. The first-order chi connectivity index (χ1) is 20.8. The lowest BCUT2D eigenvalue weighted by Gasteiger charge is -2.34. The molecule has 3 aromatic rings. The minimum atomic E-state index is -4.35. The molecule has 44 heavy (non-hydrogen) atoms. The number of pyridine rings is 1. The highest BCUT2D eigenvalue weighted by Gasteiger charge is 2.30. The molecule has 234 valence electrons. The number of halogens is 5. The number of ether oxygens (including phenoxy) is 1. The van der Waals surface area contributed by atoms with Crippen LogP contribution in [0.3, 0.4) is 0 Å². The summed E-state index contributed by atoms with van der Waals surface area (Å²) in [7, 11) is -4.35. The highest BCUT2D eigenvalue weighted by Crippen LogP contribution is 2.34. The van der Waals surface area contributed by atoms with Crippen molar-refractivity contribution in [3.63, 3.8) is 0 Å². The van der Waals surface area contributed by atoms with Crippen molar-refractivity contribution < 1.29 is 40.6 Å². The molecule has 16 heteroatoms. The first kappa shape index (κ1) is 32.5. The van der Waals surface area contributed by atoms with E-state index in [0.717, 1.165) is 9.21 Å². The van der Waals surface area contributed by atoms with Crippen molar-refractivity contribution in [1.82, 2.24) is 4.98 Å². The Labute approximate surface area is 254 Å². The maximum atomic E-state index is 14.2. The molecule has 0 radical (unpaired) electrons. The second kappa shape index (κ2) is 13.5. The highest BCUT2D eigenvalue weighted by molar-refractivity contribution is 7.93. The zero-order valence-corrected chi connectivity index (χ0v) is 24.4. The van der Waals surface area contributed by atoms with Crippen molar-refractivity contribution in [2.24, 2.45) is 5.73 Å². The summed E-state index contributed by atoms with van der Waals surface area (Å²) < 4.78 is 88.1. The third-order valence-corrected chi connectivity index (χ3v) is 8.59. The van der Waals surface area contributed by atoms with E-state index in [4.69, 9.17) is 27.5 Å². The van der Waals surface area contributed by atoms with Crippen LogP contribution in [0.15, 0.2) is 48.5 Å². The number of hydrogen-bond donors (Lipinski definition) is 3. The van der Waals surface area contributed by atoms with Gasteiger partial charge in [0.25, 0.3) is 11.9 Å². The fourth-order valence-electron chi connectivity index (χ4n) is 4.58. The number of rotatable bonds is 11. The van der Waals surface area contributed by atoms with Crippen LogP contribution < -0.4 is 19.7 Å². The second-order valence-electron chi connectivity index (χ2n) is 9.71. The van der Waals surface area contributed by atoms with Crippen LogP contribution in [-0.4, -0.2) is 61.8 Å². The van der Waals surface area contributed by atoms with Crippen molar-refractivity contribution in [2.75, 3.05) is 34.6 Å². The number of nitrogens with two attached hydrogens (primary N) is 1. The minimum absolute atomic E-state index is 0.0000286. The van der Waals surface area contributed by atoms with Gasteiger partial charge in [0.05, 0.1) is 17.3 Å². The van der Waals surface area contributed by atoms with Crippen LogP contribution in [0.1, 0.15) is 24.0 Å². The highest BCUT2D eigenvalue weighted by atomic mass is 35.5. The maximum absolute atomic E-state index is 14.2. The van der Waals surface area contributed by atoms with Gasteiger partial charge >= 0.3 is 5.97 Å². The first-order valence-electron chi connectivity index (χ1n) is 13.0. The summed E-state index contributed by atoms with van der Waals surface area (Å²) in [5.41, 5.74) is 5.83. The lowest BCUT2D eigenvalue weighted by atomic mass is 10.1. The fourth-order valence-corrected chi connectivity index (χ4v) is 6.01. The molecule has 10 nitrogen and oxygen atoms in total. The summed E-state index contributed by atoms with van der Waals surface area (Å²) >= 11 is 6.41. The van der Waals surface area contributed by atoms with Gasteiger partial charge in [0.1, 0.15) is 23.4 Å². The van der Waals surface area contributed by atoms with E-state index in [9.17, 15) is 35.9 Å². The van der Waals surface area contributed by atoms with Gasteiger partial charge in [0.15, 0.2) is 5.75 Å². The SMILES string of the molecule is N=C(N)c1cccc(/C=C/CN(c2ccc(OC3CCN(c4c(F)c(F)nc(F)c4F)CC3)c(Cl)c2)S(=O)(=O)CC(=O)O)c1. The molecule has 2 aromatic carbocycles. The number of hydrogen-bond acceptors (Lipinski definition) is 7. The monoisotopic (exact) mass is 655 g/mol. The van der Waals surface area contributed by atoms with E-state index in [1.807, 2.05) is 0 Å². The molecule has 0 aliphatic carbocycles. The number of aromatic nitrogens is 1. The summed E-state index contributed by atoms with van der Waals surface area (Å²) in [5, 5.41) is 16.7. The molecule has 1 aromatic heterocycles. The van der Waals surface area contributed by atoms with Crippen molar-refractivity contribution in [3.05, 3.63) is 88.2 Å². The number of carbonyl (C=O) groups is 1. The predicted molar refractivity (Wildman–Crippen MR) is 157 cm³/mol. The van der Waals surface area contributed by atoms with Crippen molar-refractivity contribution in [2.45, 2.75) is 18.9 Å². The van der Waals surface area contributed by atoms with E-state index in [0.29, 0.717) is 11.1 Å². The van der Waals surface area contributed by atoms with E-state index < -0.39 is 57.1 Å². The van der Waals surface area contributed by atoms with Gasteiger partial charge in [-0.2, -0.15) is 22.5 Å². The van der Waals surface area contributed by atoms with Crippen molar-refractivity contribution >= 4 is 50.9 Å². The van der Waals surface area contributed by atoms with Crippen LogP contribution in [0.4, 0.5) is 28.9 Å². The molecular formula is C28H26ClF4N5O5S. The Bertz CT molecular complexity index is 1690. The molecule has 0 unspecified atom stereocenters. The van der Waals surface area contributed by atoms with E-state index in [2.05, 4.69) is 4.98 Å². The molecule has 0 spiro atoms. The normalized spacial score (nSPS) is 14.2. The number of carboxylic acids is 1. The van der Waals surface area contributed by atoms with Crippen molar-refractivity contribution in [3.8, 4) is 5.75 Å². The van der Waals surface area contributed by atoms with Crippen molar-refractivity contribution in [1.29, 1.82) is 5.41 Å². The number of amidine groups is 1. The average molecular weight is 656 g/mol. The molecule has 1 saturated heterocycles. The van der Waals surface area contributed by atoms with Crippen LogP contribution >= 0.6 is 11.6 Å². The third kappa shape index (κ3) is 7.58. The number of nitrogen functional groups attached to an aromatic ring is 1. The van der Waals surface area contributed by atoms with Gasteiger partial charge in [-0.1, -0.05) is 42.0 Å². The number of carboxylic acid groups (broad SMARTS) is 1. The largest absolute Gasteiger partial charge is 0.489 e. The van der Waals surface area contributed by atoms with Gasteiger partial charge in [0, 0.05) is 31.5 Å². The quantitative estimate of drug-likeness (QED) is 0.118. The molecule has 2 heterocycles. The smallest absolute Gasteiger partial charge is 0.320 e. The third-order valence-electron chi connectivity index (χ3n) is 6.65. The van der Waals surface area contributed by atoms with Gasteiger partial charge in [0.2, 0.25) is 21.7 Å². The van der Waals surface area contributed by atoms with E-state index in [1.165, 1.54) is 24.3 Å². The summed E-state index contributed by atoms with van der Waals surface area (Å²) in [4.78, 5) is 15.0. The zero-order chi connectivity index (χ0) is 32.2. The lowest BCUT2D eigenvalue weighted by molar-refractivity contribution is -0.134. The summed E-state index contributed by atoms with van der Waals surface area (Å²) in [6.07, 6.45) is 3.00. The zero-order valence-electron chi connectivity index (χ0n) is 22.8. The predicted octanol–water partition coefficient (Wildman–Crippen LogP) is 4.56. The number of nitrogens with one attached hydrogen (secondary N) is 1.